The van der Waals surface area contributed by atoms with Crippen molar-refractivity contribution in [1.82, 2.24) is 0 Å². The van der Waals surface area contributed by atoms with Gasteiger partial charge in [-0.05, 0) is 13.8 Å². The molecule has 1 aliphatic rings. The smallest absolute Gasteiger partial charge is 0.112 e. The highest BCUT2D eigenvalue weighted by Gasteiger charge is 2.42. The van der Waals surface area contributed by atoms with Gasteiger partial charge in [0, 0.05) is 0 Å². The monoisotopic (exact) mass is 162 g/mol. The van der Waals surface area contributed by atoms with E-state index in [2.05, 4.69) is 0 Å². The predicted molar refractivity (Wildman–Crippen MR) is 38.0 cm³/mol. The molecule has 1 unspecified atom stereocenters. The Bertz CT molecular complexity index is 136. The fourth-order valence-electron chi connectivity index (χ4n) is 1.28. The van der Waals surface area contributed by atoms with Gasteiger partial charge in [-0.1, -0.05) is 0 Å². The molecular formula is C7H14O4. The van der Waals surface area contributed by atoms with Crippen molar-refractivity contribution in [2.24, 2.45) is 0 Å². The molecule has 1 fully saturated rings. The molecule has 1 heterocycles. The maximum Gasteiger partial charge on any atom is 0.112 e. The van der Waals surface area contributed by atoms with E-state index in [4.69, 9.17) is 9.84 Å². The molecule has 0 bridgehead atoms. The highest BCUT2D eigenvalue weighted by atomic mass is 16.6. The highest BCUT2D eigenvalue weighted by molar-refractivity contribution is 4.90. The van der Waals surface area contributed by atoms with Gasteiger partial charge in [-0.3, -0.25) is 0 Å². The third-order valence-corrected chi connectivity index (χ3v) is 2.01. The number of ether oxygens (including phenoxy) is 1. The van der Waals surface area contributed by atoms with Crippen LogP contribution in [0.5, 0.6) is 0 Å². The second-order valence-corrected chi connectivity index (χ2v) is 3.03. The largest absolute Gasteiger partial charge is 0.391 e. The third kappa shape index (κ3) is 1.54. The van der Waals surface area contributed by atoms with Gasteiger partial charge in [0.25, 0.3) is 0 Å². The van der Waals surface area contributed by atoms with E-state index in [0.29, 0.717) is 0 Å². The summed E-state index contributed by atoms with van der Waals surface area (Å²) in [5.74, 6) is 0. The summed E-state index contributed by atoms with van der Waals surface area (Å²) in [6, 6.07) is 0. The van der Waals surface area contributed by atoms with Crippen LogP contribution in [-0.4, -0.2) is 45.8 Å². The Balaban J connectivity index is 2.59. The molecule has 66 valence electrons. The molecule has 0 amide bonds. The van der Waals surface area contributed by atoms with Gasteiger partial charge in [-0.15, -0.1) is 0 Å². The van der Waals surface area contributed by atoms with Gasteiger partial charge in [0.2, 0.25) is 0 Å². The van der Waals surface area contributed by atoms with Crippen LogP contribution in [0.25, 0.3) is 0 Å². The van der Waals surface area contributed by atoms with E-state index < -0.39 is 30.5 Å². The molecule has 1 aliphatic heterocycles. The summed E-state index contributed by atoms with van der Waals surface area (Å²) in [6.45, 7) is 3.19. The maximum atomic E-state index is 9.26. The molecule has 1 rings (SSSR count). The summed E-state index contributed by atoms with van der Waals surface area (Å²) in [5, 5.41) is 27.5. The molecule has 0 radical (unpaired) electrons. The number of hydrogen-bond acceptors (Lipinski definition) is 4. The van der Waals surface area contributed by atoms with Crippen molar-refractivity contribution >= 4 is 0 Å². The van der Waals surface area contributed by atoms with E-state index in [0.717, 1.165) is 0 Å². The van der Waals surface area contributed by atoms with E-state index >= 15 is 0 Å². The fraction of sp³-hybridized carbons (Fsp3) is 1.00. The first-order valence-electron chi connectivity index (χ1n) is 3.73. The molecule has 0 spiro atoms. The van der Waals surface area contributed by atoms with Gasteiger partial charge in [-0.25, -0.2) is 0 Å². The highest BCUT2D eigenvalue weighted by Crippen LogP contribution is 2.22. The maximum absolute atomic E-state index is 9.26. The average Bonchev–Trinajstić information content (AvgIpc) is 2.17. The Morgan fingerprint density at radius 1 is 1.27 bits per heavy atom. The Morgan fingerprint density at radius 3 is 2.00 bits per heavy atom. The van der Waals surface area contributed by atoms with Crippen LogP contribution in [0.3, 0.4) is 0 Å². The van der Waals surface area contributed by atoms with Crippen molar-refractivity contribution in [3.05, 3.63) is 0 Å². The number of rotatable bonds is 1. The first-order valence-corrected chi connectivity index (χ1v) is 3.73. The Hall–Kier alpha value is -0.160. The van der Waals surface area contributed by atoms with Gasteiger partial charge in [0.05, 0.1) is 12.2 Å². The van der Waals surface area contributed by atoms with Crippen LogP contribution in [-0.2, 0) is 4.74 Å². The SMILES string of the molecule is CC1O[C@@H]([C@H](C)O)[C@@H](O)[C@H]1O. The molecule has 11 heavy (non-hydrogen) atoms. The zero-order valence-electron chi connectivity index (χ0n) is 6.64. The van der Waals surface area contributed by atoms with E-state index in [1.54, 1.807) is 6.92 Å². The van der Waals surface area contributed by atoms with Crippen LogP contribution in [0.1, 0.15) is 13.8 Å². The molecule has 0 aliphatic carbocycles. The van der Waals surface area contributed by atoms with Crippen LogP contribution in [0.15, 0.2) is 0 Å². The molecule has 0 aromatic rings. The number of aliphatic hydroxyl groups is 3. The van der Waals surface area contributed by atoms with E-state index in [-0.39, 0.29) is 0 Å². The molecule has 5 atom stereocenters. The van der Waals surface area contributed by atoms with Crippen molar-refractivity contribution in [2.45, 2.75) is 44.4 Å². The lowest BCUT2D eigenvalue weighted by Crippen LogP contribution is -2.37. The predicted octanol–water partition coefficient (Wildman–Crippen LogP) is -1.12. The standard InChI is InChI=1S/C7H14O4/c1-3(8)7-6(10)5(9)4(2)11-7/h3-10H,1-2H3/t3-,4?,5-,6-,7-/m0/s1. The summed E-state index contributed by atoms with van der Waals surface area (Å²) in [6.07, 6.45) is -3.64. The van der Waals surface area contributed by atoms with Crippen LogP contribution in [0.4, 0.5) is 0 Å². The van der Waals surface area contributed by atoms with Crippen molar-refractivity contribution in [2.75, 3.05) is 0 Å². The van der Waals surface area contributed by atoms with Crippen molar-refractivity contribution in [3.8, 4) is 0 Å². The van der Waals surface area contributed by atoms with Gasteiger partial charge in [-0.2, -0.15) is 0 Å². The Labute approximate surface area is 65.4 Å². The third-order valence-electron chi connectivity index (χ3n) is 2.01. The molecule has 3 N–H and O–H groups in total. The number of hydrogen-bond donors (Lipinski definition) is 3. The molecule has 4 nitrogen and oxygen atoms in total. The Kier molecular flexibility index (Phi) is 2.49. The van der Waals surface area contributed by atoms with Gasteiger partial charge in [0.15, 0.2) is 0 Å². The van der Waals surface area contributed by atoms with Gasteiger partial charge < -0.3 is 20.1 Å². The zero-order valence-corrected chi connectivity index (χ0v) is 6.64. The molecular weight excluding hydrogens is 148 g/mol. The van der Waals surface area contributed by atoms with E-state index in [1.165, 1.54) is 6.92 Å². The molecule has 0 aromatic carbocycles. The minimum absolute atomic E-state index is 0.399. The zero-order chi connectivity index (χ0) is 8.59. The summed E-state index contributed by atoms with van der Waals surface area (Å²) in [5.41, 5.74) is 0. The number of aliphatic hydroxyl groups excluding tert-OH is 3. The van der Waals surface area contributed by atoms with Crippen LogP contribution >= 0.6 is 0 Å². The van der Waals surface area contributed by atoms with Crippen molar-refractivity contribution < 1.29 is 20.1 Å². The first-order chi connectivity index (χ1) is 5.04. The summed E-state index contributed by atoms with van der Waals surface area (Å²) < 4.78 is 5.10. The molecule has 0 saturated carbocycles. The molecule has 1 saturated heterocycles. The topological polar surface area (TPSA) is 69.9 Å². The summed E-state index contributed by atoms with van der Waals surface area (Å²) in [7, 11) is 0. The van der Waals surface area contributed by atoms with Crippen LogP contribution < -0.4 is 0 Å². The summed E-state index contributed by atoms with van der Waals surface area (Å²) >= 11 is 0. The van der Waals surface area contributed by atoms with E-state index in [1.807, 2.05) is 0 Å². The minimum Gasteiger partial charge on any atom is -0.391 e. The normalized spacial score (nSPS) is 47.7. The van der Waals surface area contributed by atoms with Gasteiger partial charge >= 0.3 is 0 Å². The second-order valence-electron chi connectivity index (χ2n) is 3.03. The van der Waals surface area contributed by atoms with Crippen molar-refractivity contribution in [3.63, 3.8) is 0 Å². The van der Waals surface area contributed by atoms with Crippen LogP contribution in [0.2, 0.25) is 0 Å². The van der Waals surface area contributed by atoms with E-state index in [9.17, 15) is 10.2 Å². The lowest BCUT2D eigenvalue weighted by atomic mass is 10.1. The molecule has 0 aromatic heterocycles. The second kappa shape index (κ2) is 3.06. The summed E-state index contributed by atoms with van der Waals surface area (Å²) in [4.78, 5) is 0. The lowest BCUT2D eigenvalue weighted by Gasteiger charge is -2.16. The van der Waals surface area contributed by atoms with Crippen molar-refractivity contribution in [1.29, 1.82) is 0 Å². The average molecular weight is 162 g/mol. The molecule has 4 heteroatoms. The first kappa shape index (κ1) is 8.93. The Morgan fingerprint density at radius 2 is 1.82 bits per heavy atom. The quantitative estimate of drug-likeness (QED) is 0.456. The van der Waals surface area contributed by atoms with Crippen LogP contribution in [0, 0.1) is 0 Å². The van der Waals surface area contributed by atoms with Gasteiger partial charge in [0.1, 0.15) is 18.3 Å². The fourth-order valence-corrected chi connectivity index (χ4v) is 1.28. The lowest BCUT2D eigenvalue weighted by molar-refractivity contribution is -0.0546. The minimum atomic E-state index is -0.968.